The molecule has 0 radical (unpaired) electrons. The molecule has 6 nitrogen and oxygen atoms in total. The van der Waals surface area contributed by atoms with E-state index in [-0.39, 0.29) is 0 Å². The summed E-state index contributed by atoms with van der Waals surface area (Å²) in [7, 11) is 3.72. The Morgan fingerprint density at radius 3 is 2.60 bits per heavy atom. The number of hydrogen-bond donors (Lipinski definition) is 3. The third kappa shape index (κ3) is 1.78. The third-order valence-electron chi connectivity index (χ3n) is 2.21. The fourth-order valence-corrected chi connectivity index (χ4v) is 1.32. The zero-order valence-corrected chi connectivity index (χ0v) is 9.00. The number of nitrogens with zero attached hydrogens (tertiary/aromatic N) is 3. The van der Waals surface area contributed by atoms with Gasteiger partial charge in [0.25, 0.3) is 0 Å². The molecule has 0 aliphatic heterocycles. The van der Waals surface area contributed by atoms with Gasteiger partial charge >= 0.3 is 0 Å². The first kappa shape index (κ1) is 9.57. The molecule has 0 bridgehead atoms. The molecule has 0 aliphatic rings. The predicted octanol–water partition coefficient (Wildman–Crippen LogP) is 1.25. The van der Waals surface area contributed by atoms with Gasteiger partial charge < -0.3 is 10.3 Å². The number of rotatable bonds is 3. The average Bonchev–Trinajstić information content (AvgIpc) is 2.84. The maximum Gasteiger partial charge on any atom is 0.231 e. The number of hydrogen-bond acceptors (Lipinski definition) is 4. The lowest BCUT2D eigenvalue weighted by molar-refractivity contribution is 1.01. The van der Waals surface area contributed by atoms with Gasteiger partial charge in [0, 0.05) is 19.8 Å². The van der Waals surface area contributed by atoms with Crippen LogP contribution < -0.4 is 10.2 Å². The van der Waals surface area contributed by atoms with E-state index in [9.17, 15) is 0 Å². The largest absolute Gasteiger partial charge is 0.358 e. The monoisotopic (exact) mass is 206 g/mol. The van der Waals surface area contributed by atoms with Crippen molar-refractivity contribution in [2.24, 2.45) is 0 Å². The van der Waals surface area contributed by atoms with E-state index >= 15 is 0 Å². The SMILES string of the molecule is CNc1nnc(N(C)c2ccc(C)[nH]2)[nH]1. The first-order valence-corrected chi connectivity index (χ1v) is 4.70. The molecule has 0 spiro atoms. The van der Waals surface area contributed by atoms with Crippen molar-refractivity contribution in [2.75, 3.05) is 24.3 Å². The molecule has 0 saturated carbocycles. The van der Waals surface area contributed by atoms with Crippen LogP contribution in [0.25, 0.3) is 0 Å². The second-order valence-corrected chi connectivity index (χ2v) is 3.33. The molecular weight excluding hydrogens is 192 g/mol. The second-order valence-electron chi connectivity index (χ2n) is 3.33. The molecule has 2 rings (SSSR count). The van der Waals surface area contributed by atoms with Crippen LogP contribution in [0.5, 0.6) is 0 Å². The molecule has 15 heavy (non-hydrogen) atoms. The minimum Gasteiger partial charge on any atom is -0.358 e. The summed E-state index contributed by atoms with van der Waals surface area (Å²) >= 11 is 0. The van der Waals surface area contributed by atoms with Crippen molar-refractivity contribution < 1.29 is 0 Å². The highest BCUT2D eigenvalue weighted by Crippen LogP contribution is 2.19. The van der Waals surface area contributed by atoms with Crippen molar-refractivity contribution in [3.8, 4) is 0 Å². The van der Waals surface area contributed by atoms with E-state index in [1.807, 2.05) is 31.0 Å². The first-order valence-electron chi connectivity index (χ1n) is 4.70. The molecule has 0 amide bonds. The van der Waals surface area contributed by atoms with E-state index < -0.39 is 0 Å². The minimum atomic E-state index is 0.653. The Morgan fingerprint density at radius 2 is 2.07 bits per heavy atom. The molecule has 0 aliphatic carbocycles. The summed E-state index contributed by atoms with van der Waals surface area (Å²) in [6, 6.07) is 4.01. The van der Waals surface area contributed by atoms with Gasteiger partial charge in [-0.25, -0.2) is 0 Å². The lowest BCUT2D eigenvalue weighted by atomic mass is 10.5. The summed E-state index contributed by atoms with van der Waals surface area (Å²) in [5.74, 6) is 2.33. The van der Waals surface area contributed by atoms with Crippen LogP contribution in [0.4, 0.5) is 17.7 Å². The molecule has 6 heteroatoms. The predicted molar refractivity (Wildman–Crippen MR) is 59.5 cm³/mol. The summed E-state index contributed by atoms with van der Waals surface area (Å²) in [5.41, 5.74) is 1.12. The van der Waals surface area contributed by atoms with E-state index in [0.717, 1.165) is 11.5 Å². The average molecular weight is 206 g/mol. The Kier molecular flexibility index (Phi) is 2.32. The third-order valence-corrected chi connectivity index (χ3v) is 2.21. The van der Waals surface area contributed by atoms with Crippen molar-refractivity contribution in [1.82, 2.24) is 20.2 Å². The summed E-state index contributed by atoms with van der Waals surface area (Å²) < 4.78 is 0. The zero-order chi connectivity index (χ0) is 10.8. The molecule has 0 fully saturated rings. The van der Waals surface area contributed by atoms with Gasteiger partial charge in [0.1, 0.15) is 5.82 Å². The van der Waals surface area contributed by atoms with Gasteiger partial charge in [0.05, 0.1) is 0 Å². The standard InChI is InChI=1S/C9H14N6/c1-6-4-5-7(11-6)15(3)9-12-8(10-2)13-14-9/h4-5,11H,1-3H3,(H2,10,12,13,14). The van der Waals surface area contributed by atoms with Crippen LogP contribution in [0.15, 0.2) is 12.1 Å². The van der Waals surface area contributed by atoms with Crippen molar-refractivity contribution in [2.45, 2.75) is 6.92 Å². The smallest absolute Gasteiger partial charge is 0.231 e. The van der Waals surface area contributed by atoms with Crippen molar-refractivity contribution in [3.63, 3.8) is 0 Å². The fourth-order valence-electron chi connectivity index (χ4n) is 1.32. The van der Waals surface area contributed by atoms with Crippen LogP contribution in [0.2, 0.25) is 0 Å². The molecule has 0 aromatic carbocycles. The molecular formula is C9H14N6. The topological polar surface area (TPSA) is 72.6 Å². The summed E-state index contributed by atoms with van der Waals surface area (Å²) in [5, 5.41) is 10.8. The Hall–Kier alpha value is -1.98. The van der Waals surface area contributed by atoms with Crippen LogP contribution in [0.1, 0.15) is 5.69 Å². The van der Waals surface area contributed by atoms with Crippen molar-refractivity contribution in [1.29, 1.82) is 0 Å². The number of anilines is 3. The zero-order valence-electron chi connectivity index (χ0n) is 9.00. The maximum atomic E-state index is 4.01. The fraction of sp³-hybridized carbons (Fsp3) is 0.333. The molecule has 0 atom stereocenters. The number of aromatic nitrogens is 4. The van der Waals surface area contributed by atoms with Gasteiger partial charge in [0.2, 0.25) is 11.9 Å². The van der Waals surface area contributed by atoms with E-state index in [1.54, 1.807) is 7.05 Å². The van der Waals surface area contributed by atoms with Gasteiger partial charge in [-0.05, 0) is 19.1 Å². The molecule has 2 heterocycles. The highest BCUT2D eigenvalue weighted by molar-refractivity contribution is 5.53. The van der Waals surface area contributed by atoms with Crippen LogP contribution in [-0.4, -0.2) is 34.3 Å². The highest BCUT2D eigenvalue weighted by Gasteiger charge is 2.09. The molecule has 0 saturated heterocycles. The Bertz CT molecular complexity index is 443. The van der Waals surface area contributed by atoms with Crippen molar-refractivity contribution >= 4 is 17.7 Å². The number of H-pyrrole nitrogens is 2. The summed E-state index contributed by atoms with van der Waals surface area (Å²) in [6.07, 6.45) is 0. The normalized spacial score (nSPS) is 10.3. The summed E-state index contributed by atoms with van der Waals surface area (Å²) in [4.78, 5) is 8.17. The molecule has 2 aromatic heterocycles. The number of nitrogens with one attached hydrogen (secondary N) is 3. The molecule has 80 valence electrons. The first-order chi connectivity index (χ1) is 7.20. The Morgan fingerprint density at radius 1 is 1.27 bits per heavy atom. The van der Waals surface area contributed by atoms with E-state index in [2.05, 4.69) is 25.5 Å². The summed E-state index contributed by atoms with van der Waals surface area (Å²) in [6.45, 7) is 2.01. The van der Waals surface area contributed by atoms with Crippen LogP contribution in [0, 0.1) is 6.92 Å². The van der Waals surface area contributed by atoms with E-state index in [4.69, 9.17) is 0 Å². The lowest BCUT2D eigenvalue weighted by Crippen LogP contribution is -2.11. The van der Waals surface area contributed by atoms with Crippen LogP contribution >= 0.6 is 0 Å². The van der Waals surface area contributed by atoms with Gasteiger partial charge in [0.15, 0.2) is 0 Å². The van der Waals surface area contributed by atoms with Gasteiger partial charge in [-0.15, -0.1) is 10.2 Å². The van der Waals surface area contributed by atoms with Gasteiger partial charge in [-0.1, -0.05) is 0 Å². The van der Waals surface area contributed by atoms with Crippen LogP contribution in [0.3, 0.4) is 0 Å². The molecule has 3 N–H and O–H groups in total. The highest BCUT2D eigenvalue weighted by atomic mass is 15.4. The number of aromatic amines is 2. The van der Waals surface area contributed by atoms with Crippen LogP contribution in [-0.2, 0) is 0 Å². The van der Waals surface area contributed by atoms with Crippen molar-refractivity contribution in [3.05, 3.63) is 17.8 Å². The second kappa shape index (κ2) is 3.64. The lowest BCUT2D eigenvalue weighted by Gasteiger charge is -2.12. The van der Waals surface area contributed by atoms with Gasteiger partial charge in [-0.3, -0.25) is 9.88 Å². The Balaban J connectivity index is 2.23. The quantitative estimate of drug-likeness (QED) is 0.706. The number of aryl methyl sites for hydroxylation is 1. The van der Waals surface area contributed by atoms with E-state index in [1.165, 1.54) is 0 Å². The van der Waals surface area contributed by atoms with Gasteiger partial charge in [-0.2, -0.15) is 0 Å². The molecule has 0 unspecified atom stereocenters. The maximum absolute atomic E-state index is 4.01. The van der Waals surface area contributed by atoms with E-state index in [0.29, 0.717) is 11.9 Å². The molecule has 2 aromatic rings. The Labute approximate surface area is 87.7 Å². The minimum absolute atomic E-state index is 0.653.